The molecule has 2 aromatic rings. The van der Waals surface area contributed by atoms with E-state index in [0.29, 0.717) is 28.7 Å². The molecule has 0 aliphatic heterocycles. The van der Waals surface area contributed by atoms with Gasteiger partial charge in [0, 0.05) is 16.6 Å². The van der Waals surface area contributed by atoms with E-state index in [1.165, 1.54) is 7.11 Å². The van der Waals surface area contributed by atoms with Gasteiger partial charge in [-0.05, 0) is 42.8 Å². The Morgan fingerprint density at radius 3 is 2.54 bits per heavy atom. The van der Waals surface area contributed by atoms with Crippen LogP contribution in [0, 0.1) is 0 Å². The normalized spacial score (nSPS) is 11.7. The molecule has 0 saturated heterocycles. The van der Waals surface area contributed by atoms with Crippen LogP contribution in [0.1, 0.15) is 22.8 Å². The third-order valence-electron chi connectivity index (χ3n) is 3.38. The molecule has 2 aromatic carbocycles. The molecule has 128 valence electrons. The Kier molecular flexibility index (Phi) is 6.46. The molecule has 0 saturated carbocycles. The molecule has 6 heteroatoms. The molecule has 0 bridgehead atoms. The van der Waals surface area contributed by atoms with Crippen molar-refractivity contribution in [2.24, 2.45) is 0 Å². The van der Waals surface area contributed by atoms with Crippen LogP contribution < -0.4 is 14.8 Å². The van der Waals surface area contributed by atoms with Gasteiger partial charge in [0.25, 0.3) is 5.91 Å². The van der Waals surface area contributed by atoms with Crippen LogP contribution in [0.2, 0.25) is 5.02 Å². The second-order valence-electron chi connectivity index (χ2n) is 5.34. The number of aliphatic hydroxyl groups is 1. The molecule has 5 nitrogen and oxygen atoms in total. The zero-order valence-electron chi connectivity index (χ0n) is 13.6. The smallest absolute Gasteiger partial charge is 0.251 e. The summed E-state index contributed by atoms with van der Waals surface area (Å²) < 4.78 is 11.1. The largest absolute Gasteiger partial charge is 0.493 e. The SMILES string of the molecule is COc1cc(C(=O)NC(C)CO)ccc1OCc1ccc(Cl)cc1. The first-order valence-electron chi connectivity index (χ1n) is 7.50. The summed E-state index contributed by atoms with van der Waals surface area (Å²) in [6.07, 6.45) is 0. The average Bonchev–Trinajstić information content (AvgIpc) is 2.60. The van der Waals surface area contributed by atoms with Gasteiger partial charge < -0.3 is 19.9 Å². The molecule has 2 rings (SSSR count). The number of hydrogen-bond donors (Lipinski definition) is 2. The van der Waals surface area contributed by atoms with Gasteiger partial charge in [0.2, 0.25) is 0 Å². The van der Waals surface area contributed by atoms with Gasteiger partial charge in [-0.1, -0.05) is 23.7 Å². The first-order chi connectivity index (χ1) is 11.5. The molecule has 0 aliphatic rings. The average molecular weight is 350 g/mol. The number of hydrogen-bond acceptors (Lipinski definition) is 4. The third kappa shape index (κ3) is 4.88. The Labute approximate surface area is 146 Å². The van der Waals surface area contributed by atoms with Crippen molar-refractivity contribution in [2.75, 3.05) is 13.7 Å². The van der Waals surface area contributed by atoms with Gasteiger partial charge in [0.05, 0.1) is 13.7 Å². The van der Waals surface area contributed by atoms with Crippen molar-refractivity contribution >= 4 is 17.5 Å². The first-order valence-corrected chi connectivity index (χ1v) is 7.88. The molecule has 2 N–H and O–H groups in total. The summed E-state index contributed by atoms with van der Waals surface area (Å²) in [6, 6.07) is 12.0. The second kappa shape index (κ2) is 8.57. The lowest BCUT2D eigenvalue weighted by Gasteiger charge is -2.14. The summed E-state index contributed by atoms with van der Waals surface area (Å²) in [7, 11) is 1.52. The Morgan fingerprint density at radius 1 is 1.21 bits per heavy atom. The van der Waals surface area contributed by atoms with Gasteiger partial charge in [-0.3, -0.25) is 4.79 Å². The predicted octanol–water partition coefficient (Wildman–Crippen LogP) is 3.04. The van der Waals surface area contributed by atoms with Gasteiger partial charge >= 0.3 is 0 Å². The van der Waals surface area contributed by atoms with Crippen LogP contribution in [0.3, 0.4) is 0 Å². The van der Waals surface area contributed by atoms with Gasteiger partial charge in [-0.25, -0.2) is 0 Å². The maximum atomic E-state index is 12.1. The minimum atomic E-state index is -0.315. The first kappa shape index (κ1) is 18.1. The molecular formula is C18H20ClNO4. The molecule has 1 amide bonds. The van der Waals surface area contributed by atoms with E-state index in [1.54, 1.807) is 37.3 Å². The minimum absolute atomic E-state index is 0.120. The third-order valence-corrected chi connectivity index (χ3v) is 3.64. The summed E-state index contributed by atoms with van der Waals surface area (Å²) in [5.74, 6) is 0.728. The highest BCUT2D eigenvalue weighted by molar-refractivity contribution is 6.30. The fourth-order valence-corrected chi connectivity index (χ4v) is 2.15. The van der Waals surface area contributed by atoms with Crippen LogP contribution in [-0.2, 0) is 6.61 Å². The summed E-state index contributed by atoms with van der Waals surface area (Å²) in [5.41, 5.74) is 1.41. The zero-order chi connectivity index (χ0) is 17.5. The number of halogens is 1. The standard InChI is InChI=1S/C18H20ClNO4/c1-12(10-21)20-18(22)14-5-8-16(17(9-14)23-2)24-11-13-3-6-15(19)7-4-13/h3-9,12,21H,10-11H2,1-2H3,(H,20,22). The molecule has 1 atom stereocenters. The van der Waals surface area contributed by atoms with Crippen molar-refractivity contribution < 1.29 is 19.4 Å². The lowest BCUT2D eigenvalue weighted by atomic mass is 10.1. The number of ether oxygens (including phenoxy) is 2. The van der Waals surface area contributed by atoms with E-state index in [0.717, 1.165) is 5.56 Å². The highest BCUT2D eigenvalue weighted by Crippen LogP contribution is 2.29. The van der Waals surface area contributed by atoms with E-state index < -0.39 is 0 Å². The van der Waals surface area contributed by atoms with Gasteiger partial charge in [0.15, 0.2) is 11.5 Å². The van der Waals surface area contributed by atoms with Crippen molar-refractivity contribution in [3.63, 3.8) is 0 Å². The molecule has 0 aliphatic carbocycles. The summed E-state index contributed by atoms with van der Waals surface area (Å²) >= 11 is 5.86. The summed E-state index contributed by atoms with van der Waals surface area (Å²) in [6.45, 7) is 1.96. The van der Waals surface area contributed by atoms with Crippen LogP contribution >= 0.6 is 11.6 Å². The van der Waals surface area contributed by atoms with Gasteiger partial charge in [0.1, 0.15) is 6.61 Å². The number of methoxy groups -OCH3 is 1. The van der Waals surface area contributed by atoms with Crippen molar-refractivity contribution in [3.8, 4) is 11.5 Å². The zero-order valence-corrected chi connectivity index (χ0v) is 14.3. The lowest BCUT2D eigenvalue weighted by Crippen LogP contribution is -2.34. The molecule has 24 heavy (non-hydrogen) atoms. The highest BCUT2D eigenvalue weighted by Gasteiger charge is 2.13. The van der Waals surface area contributed by atoms with E-state index in [2.05, 4.69) is 5.32 Å². The number of nitrogens with one attached hydrogen (secondary N) is 1. The molecule has 0 aromatic heterocycles. The molecular weight excluding hydrogens is 330 g/mol. The maximum absolute atomic E-state index is 12.1. The topological polar surface area (TPSA) is 67.8 Å². The van der Waals surface area contributed by atoms with Crippen molar-refractivity contribution in [2.45, 2.75) is 19.6 Å². The number of rotatable bonds is 7. The van der Waals surface area contributed by atoms with Gasteiger partial charge in [-0.2, -0.15) is 0 Å². The Balaban J connectivity index is 2.08. The van der Waals surface area contributed by atoms with Crippen molar-refractivity contribution in [1.29, 1.82) is 0 Å². The lowest BCUT2D eigenvalue weighted by molar-refractivity contribution is 0.0922. The number of carbonyl (C=O) groups is 1. The van der Waals surface area contributed by atoms with E-state index >= 15 is 0 Å². The van der Waals surface area contributed by atoms with Crippen molar-refractivity contribution in [3.05, 3.63) is 58.6 Å². The number of amides is 1. The molecule has 0 fully saturated rings. The van der Waals surface area contributed by atoms with Crippen LogP contribution in [0.4, 0.5) is 0 Å². The maximum Gasteiger partial charge on any atom is 0.251 e. The highest BCUT2D eigenvalue weighted by atomic mass is 35.5. The number of carbonyl (C=O) groups excluding carboxylic acids is 1. The van der Waals surface area contributed by atoms with E-state index in [1.807, 2.05) is 12.1 Å². The molecule has 0 radical (unpaired) electrons. The fourth-order valence-electron chi connectivity index (χ4n) is 2.02. The summed E-state index contributed by atoms with van der Waals surface area (Å²) in [4.78, 5) is 12.1. The van der Waals surface area contributed by atoms with Gasteiger partial charge in [-0.15, -0.1) is 0 Å². The quantitative estimate of drug-likeness (QED) is 0.806. The monoisotopic (exact) mass is 349 g/mol. The fraction of sp³-hybridized carbons (Fsp3) is 0.278. The minimum Gasteiger partial charge on any atom is -0.493 e. The van der Waals surface area contributed by atoms with Crippen LogP contribution in [-0.4, -0.2) is 30.8 Å². The molecule has 0 heterocycles. The van der Waals surface area contributed by atoms with E-state index in [4.69, 9.17) is 26.2 Å². The second-order valence-corrected chi connectivity index (χ2v) is 5.77. The predicted molar refractivity (Wildman–Crippen MR) is 92.8 cm³/mol. The Morgan fingerprint density at radius 2 is 1.92 bits per heavy atom. The summed E-state index contributed by atoms with van der Waals surface area (Å²) in [5, 5.41) is 12.4. The van der Waals surface area contributed by atoms with E-state index in [9.17, 15) is 4.79 Å². The van der Waals surface area contributed by atoms with Crippen LogP contribution in [0.25, 0.3) is 0 Å². The number of benzene rings is 2. The Hall–Kier alpha value is -2.24. The van der Waals surface area contributed by atoms with Crippen molar-refractivity contribution in [1.82, 2.24) is 5.32 Å². The molecule has 0 spiro atoms. The Bertz CT molecular complexity index is 688. The van der Waals surface area contributed by atoms with E-state index in [-0.39, 0.29) is 18.6 Å². The van der Waals surface area contributed by atoms with Crippen LogP contribution in [0.5, 0.6) is 11.5 Å². The molecule has 1 unspecified atom stereocenters. The number of aliphatic hydroxyl groups excluding tert-OH is 1. The van der Waals surface area contributed by atoms with Crippen LogP contribution in [0.15, 0.2) is 42.5 Å².